The largest absolute Gasteiger partial charge is 0.456 e. The molecule has 664 valence electrons. The molecule has 0 spiro atoms. The van der Waals surface area contributed by atoms with Gasteiger partial charge in [-0.25, -0.2) is 0 Å². The van der Waals surface area contributed by atoms with E-state index in [0.717, 1.165) is 106 Å². The highest BCUT2D eigenvalue weighted by molar-refractivity contribution is 6.13. The van der Waals surface area contributed by atoms with Crippen molar-refractivity contribution in [3.63, 3.8) is 0 Å². The van der Waals surface area contributed by atoms with Crippen LogP contribution >= 0.6 is 0 Å². The second kappa shape index (κ2) is 34.8. The van der Waals surface area contributed by atoms with Crippen LogP contribution in [-0.2, 0) is 5.41 Å². The molecule has 0 saturated carbocycles. The second-order valence-electron chi connectivity index (χ2n) is 37.4. The summed E-state index contributed by atoms with van der Waals surface area (Å²) in [6.07, 6.45) is 0. The van der Waals surface area contributed by atoms with Crippen molar-refractivity contribution in [1.29, 1.82) is 0 Å². The summed E-state index contributed by atoms with van der Waals surface area (Å²) in [6, 6.07) is 189. The minimum atomic E-state index is -0.245. The molecule has 22 aromatic carbocycles. The number of aromatic nitrogens is 2. The first-order valence-corrected chi connectivity index (χ1v) is 48.5. The molecular weight excluding hydrogens is 1710 g/mol. The molecule has 0 fully saturated rings. The van der Waals surface area contributed by atoms with Crippen LogP contribution in [0.1, 0.15) is 25.0 Å². The van der Waals surface area contributed by atoms with E-state index in [1.54, 1.807) is 0 Å². The Morgan fingerprint density at radius 1 is 0.163 bits per heavy atom. The molecule has 4 aromatic heterocycles. The van der Waals surface area contributed by atoms with E-state index >= 15 is 0 Å². The van der Waals surface area contributed by atoms with Gasteiger partial charge < -0.3 is 27.8 Å². The molecule has 1 aliphatic carbocycles. The molecule has 4 heterocycles. The smallest absolute Gasteiger partial charge is 0.136 e. The standard InChI is InChI=1S/C69H48N2O.C66H44N2O/c1-69(2)63-42-51(50-31-40-66-62(41-50)59-17-9-11-19-65(59)71(66)53-15-7-4-8-16-53)29-37-57(63)58-39-36-56(44-64(58)69)70(54-32-25-48(26-33-54)47-23-21-46(22-24-47)45-13-5-3-6-14-45)55-34-27-49(28-35-55)52-30-38-61-60-18-10-12-20-67(60)72-68(61)43-52;1-3-11-45(12-4-1)46-19-21-47(22-20-46)49-27-35-56(36-28-49)67(58-39-31-52(32-40-58)54-33-41-61-60-16-8-10-18-65(60)69-66(61)44-54)57-37-29-50(30-38-57)48-23-25-51(26-24-48)53-34-42-64-62(43-53)59-15-7-9-17-63(59)68(64)55-13-5-2-6-14-55/h3-44H,1-2H3;1-44H. The Hall–Kier alpha value is -18.4. The van der Waals surface area contributed by atoms with E-state index in [-0.39, 0.29) is 5.41 Å². The number of anilines is 6. The molecule has 0 unspecified atom stereocenters. The second-order valence-corrected chi connectivity index (χ2v) is 37.4. The molecule has 6 heteroatoms. The fourth-order valence-electron chi connectivity index (χ4n) is 21.6. The number of para-hydroxylation sites is 6. The SMILES string of the molecule is CC1(C)c2cc(-c3ccc4c(c3)c3ccccc3n4-c3ccccc3)ccc2-c2ccc(N(c3ccc(-c4ccc(-c5ccccc5)cc4)cc3)c3ccc(-c4ccc5c(c4)oc4ccccc45)cc3)cc21.c1ccc(-c2ccc(-c3ccc(N(c4ccc(-c5ccc(-c6ccc7c(c6)c6ccccc6n7-c6ccccc6)cc5)cc4)c4ccc(-c5ccc6c(c5)oc5ccccc56)cc4)cc3)cc2)cc1. The van der Waals surface area contributed by atoms with Gasteiger partial charge in [-0.2, -0.15) is 0 Å². The Balaban J connectivity index is 0.000000145. The van der Waals surface area contributed by atoms with Gasteiger partial charge in [0.25, 0.3) is 0 Å². The maximum absolute atomic E-state index is 6.30. The molecule has 1 aliphatic rings. The summed E-state index contributed by atoms with van der Waals surface area (Å²) in [7, 11) is 0. The third-order valence-corrected chi connectivity index (χ3v) is 28.9. The van der Waals surface area contributed by atoms with Gasteiger partial charge in [0.2, 0.25) is 0 Å². The van der Waals surface area contributed by atoms with Crippen molar-refractivity contribution in [3.8, 4) is 123 Å². The maximum atomic E-state index is 6.30. The fourth-order valence-corrected chi connectivity index (χ4v) is 21.6. The number of fused-ring (bicyclic) bond motifs is 15. The van der Waals surface area contributed by atoms with Crippen molar-refractivity contribution < 1.29 is 8.83 Å². The van der Waals surface area contributed by atoms with Gasteiger partial charge in [-0.1, -0.05) is 360 Å². The molecule has 0 saturated heterocycles. The maximum Gasteiger partial charge on any atom is 0.136 e. The van der Waals surface area contributed by atoms with Crippen LogP contribution in [0.4, 0.5) is 34.1 Å². The lowest BCUT2D eigenvalue weighted by Crippen LogP contribution is -2.16. The topological polar surface area (TPSA) is 42.6 Å². The molecule has 141 heavy (non-hydrogen) atoms. The molecule has 6 nitrogen and oxygen atoms in total. The number of nitrogens with zero attached hydrogens (tertiary/aromatic N) is 4. The Kier molecular flexibility index (Phi) is 20.5. The zero-order chi connectivity index (χ0) is 93.6. The minimum Gasteiger partial charge on any atom is -0.456 e. The highest BCUT2D eigenvalue weighted by Crippen LogP contribution is 2.53. The minimum absolute atomic E-state index is 0.245. The Morgan fingerprint density at radius 3 is 0.773 bits per heavy atom. The van der Waals surface area contributed by atoms with Gasteiger partial charge in [-0.05, 0) is 298 Å². The van der Waals surface area contributed by atoms with E-state index in [1.807, 2.05) is 24.3 Å². The van der Waals surface area contributed by atoms with Gasteiger partial charge in [0.05, 0.1) is 22.1 Å². The lowest BCUT2D eigenvalue weighted by Gasteiger charge is -2.28. The predicted octanol–water partition coefficient (Wildman–Crippen LogP) is 37.6. The van der Waals surface area contributed by atoms with Crippen LogP contribution < -0.4 is 9.80 Å². The lowest BCUT2D eigenvalue weighted by atomic mass is 9.81. The van der Waals surface area contributed by atoms with E-state index in [1.165, 1.54) is 150 Å². The van der Waals surface area contributed by atoms with E-state index in [4.69, 9.17) is 8.83 Å². The van der Waals surface area contributed by atoms with E-state index in [0.29, 0.717) is 0 Å². The van der Waals surface area contributed by atoms with E-state index < -0.39 is 0 Å². The van der Waals surface area contributed by atoms with Gasteiger partial charge in [0, 0.05) is 94.0 Å². The van der Waals surface area contributed by atoms with Gasteiger partial charge in [0.15, 0.2) is 0 Å². The van der Waals surface area contributed by atoms with Crippen LogP contribution in [0.5, 0.6) is 0 Å². The van der Waals surface area contributed by atoms with Gasteiger partial charge in [0.1, 0.15) is 22.3 Å². The molecule has 0 radical (unpaired) electrons. The zero-order valence-corrected chi connectivity index (χ0v) is 77.8. The average molecular weight is 1800 g/mol. The summed E-state index contributed by atoms with van der Waals surface area (Å²) in [6.45, 7) is 4.77. The van der Waals surface area contributed by atoms with Gasteiger partial charge in [-0.15, -0.1) is 0 Å². The van der Waals surface area contributed by atoms with E-state index in [9.17, 15) is 0 Å². The summed E-state index contributed by atoms with van der Waals surface area (Å²) < 4.78 is 17.3. The third kappa shape index (κ3) is 15.1. The van der Waals surface area contributed by atoms with Crippen molar-refractivity contribution in [2.45, 2.75) is 19.3 Å². The fraction of sp³-hybridized carbons (Fsp3) is 0.0222. The van der Waals surface area contributed by atoms with E-state index in [2.05, 4.69) is 530 Å². The monoisotopic (exact) mass is 1800 g/mol. The first kappa shape index (κ1) is 83.2. The van der Waals surface area contributed by atoms with Crippen LogP contribution in [0.15, 0.2) is 531 Å². The molecule has 0 amide bonds. The van der Waals surface area contributed by atoms with Crippen LogP contribution in [0, 0.1) is 0 Å². The number of furan rings is 2. The van der Waals surface area contributed by atoms with Crippen molar-refractivity contribution >= 4 is 122 Å². The molecular formula is C135H92N4O2. The number of benzene rings is 22. The van der Waals surface area contributed by atoms with Crippen LogP contribution in [0.2, 0.25) is 0 Å². The molecule has 0 N–H and O–H groups in total. The highest BCUT2D eigenvalue weighted by atomic mass is 16.3. The zero-order valence-electron chi connectivity index (χ0n) is 77.8. The normalized spacial score (nSPS) is 12.1. The summed E-state index contributed by atoms with van der Waals surface area (Å²) in [5.41, 5.74) is 43.6. The van der Waals surface area contributed by atoms with Crippen molar-refractivity contribution in [3.05, 3.63) is 533 Å². The molecule has 0 bridgehead atoms. The Morgan fingerprint density at radius 2 is 0.397 bits per heavy atom. The van der Waals surface area contributed by atoms with Crippen molar-refractivity contribution in [1.82, 2.24) is 9.13 Å². The van der Waals surface area contributed by atoms with Crippen LogP contribution in [0.25, 0.3) is 210 Å². The molecule has 27 rings (SSSR count). The first-order chi connectivity index (χ1) is 69.6. The Labute approximate surface area is 818 Å². The highest BCUT2D eigenvalue weighted by Gasteiger charge is 2.37. The third-order valence-electron chi connectivity index (χ3n) is 28.9. The predicted molar refractivity (Wildman–Crippen MR) is 592 cm³/mol. The average Bonchev–Trinajstić information content (AvgIpc) is 1.48. The lowest BCUT2D eigenvalue weighted by molar-refractivity contribution is 0.660. The van der Waals surface area contributed by atoms with Crippen LogP contribution in [0.3, 0.4) is 0 Å². The Bertz CT molecular complexity index is 9220. The molecule has 26 aromatic rings. The van der Waals surface area contributed by atoms with Crippen LogP contribution in [-0.4, -0.2) is 9.13 Å². The number of hydrogen-bond donors (Lipinski definition) is 0. The number of hydrogen-bond acceptors (Lipinski definition) is 4. The van der Waals surface area contributed by atoms with Crippen molar-refractivity contribution in [2.24, 2.45) is 0 Å². The summed E-state index contributed by atoms with van der Waals surface area (Å²) in [5.74, 6) is 0. The summed E-state index contributed by atoms with van der Waals surface area (Å²) >= 11 is 0. The van der Waals surface area contributed by atoms with Crippen molar-refractivity contribution in [2.75, 3.05) is 9.80 Å². The summed E-state index contributed by atoms with van der Waals surface area (Å²) in [5, 5.41) is 9.57. The number of rotatable bonds is 17. The summed E-state index contributed by atoms with van der Waals surface area (Å²) in [4.78, 5) is 4.74. The quantitative estimate of drug-likeness (QED) is 0.0911. The van der Waals surface area contributed by atoms with Gasteiger partial charge in [-0.3, -0.25) is 0 Å². The molecule has 0 aliphatic heterocycles. The van der Waals surface area contributed by atoms with Gasteiger partial charge >= 0.3 is 0 Å². The first-order valence-electron chi connectivity index (χ1n) is 48.5. The molecule has 0 atom stereocenters.